The number of benzene rings is 1. The van der Waals surface area contributed by atoms with Crippen molar-refractivity contribution in [1.29, 1.82) is 5.26 Å². The summed E-state index contributed by atoms with van der Waals surface area (Å²) < 4.78 is 1.45. The Bertz CT molecular complexity index is 817. The zero-order valence-corrected chi connectivity index (χ0v) is 14.5. The van der Waals surface area contributed by atoms with Gasteiger partial charge in [0.1, 0.15) is 0 Å². The maximum Gasteiger partial charge on any atom is 0.266 e. The Morgan fingerprint density at radius 2 is 2.04 bits per heavy atom. The zero-order chi connectivity index (χ0) is 18.1. The van der Waals surface area contributed by atoms with E-state index < -0.39 is 0 Å². The first kappa shape index (κ1) is 18.2. The van der Waals surface area contributed by atoms with Crippen molar-refractivity contribution in [2.24, 2.45) is 4.99 Å². The minimum Gasteiger partial charge on any atom is -0.356 e. The van der Waals surface area contributed by atoms with E-state index in [4.69, 9.17) is 5.26 Å². The van der Waals surface area contributed by atoms with E-state index in [9.17, 15) is 4.79 Å². The van der Waals surface area contributed by atoms with Crippen LogP contribution in [0, 0.1) is 18.4 Å². The van der Waals surface area contributed by atoms with Crippen LogP contribution in [0.3, 0.4) is 0 Å². The zero-order valence-electron chi connectivity index (χ0n) is 14.5. The molecule has 7 heteroatoms. The van der Waals surface area contributed by atoms with E-state index in [0.717, 1.165) is 11.3 Å². The van der Waals surface area contributed by atoms with Crippen LogP contribution < -0.4 is 16.2 Å². The number of guanidine groups is 1. The van der Waals surface area contributed by atoms with Crippen LogP contribution in [0.2, 0.25) is 0 Å². The molecule has 0 aliphatic heterocycles. The second-order valence-electron chi connectivity index (χ2n) is 5.50. The van der Waals surface area contributed by atoms with Crippen molar-refractivity contribution in [2.75, 3.05) is 13.1 Å². The molecule has 0 spiro atoms. The molecule has 25 heavy (non-hydrogen) atoms. The second-order valence-corrected chi connectivity index (χ2v) is 5.50. The summed E-state index contributed by atoms with van der Waals surface area (Å²) in [6.07, 6.45) is 2.48. The van der Waals surface area contributed by atoms with Gasteiger partial charge in [0.2, 0.25) is 5.96 Å². The average molecular weight is 338 g/mol. The van der Waals surface area contributed by atoms with Gasteiger partial charge in [-0.05, 0) is 26.3 Å². The van der Waals surface area contributed by atoms with Crippen LogP contribution in [-0.4, -0.2) is 28.8 Å². The van der Waals surface area contributed by atoms with Gasteiger partial charge in [-0.2, -0.15) is 10.4 Å². The van der Waals surface area contributed by atoms with Gasteiger partial charge < -0.3 is 5.32 Å². The third-order valence-electron chi connectivity index (χ3n) is 3.53. The average Bonchev–Trinajstić information content (AvgIpc) is 2.61. The molecule has 0 saturated carbocycles. The Kier molecular flexibility index (Phi) is 6.72. The van der Waals surface area contributed by atoms with Crippen LogP contribution >= 0.6 is 0 Å². The van der Waals surface area contributed by atoms with Crippen molar-refractivity contribution in [3.63, 3.8) is 0 Å². The molecule has 0 unspecified atom stereocenters. The van der Waals surface area contributed by atoms with Crippen LogP contribution in [0.4, 0.5) is 0 Å². The summed E-state index contributed by atoms with van der Waals surface area (Å²) in [7, 11) is 0. The third kappa shape index (κ3) is 5.46. The topological polar surface area (TPSA) is 95.1 Å². The Labute approximate surface area is 147 Å². The summed E-state index contributed by atoms with van der Waals surface area (Å²) in [5, 5.41) is 18.5. The molecular weight excluding hydrogens is 316 g/mol. The Morgan fingerprint density at radius 1 is 1.28 bits per heavy atom. The van der Waals surface area contributed by atoms with Gasteiger partial charge in [-0.15, -0.1) is 0 Å². The fraction of sp³-hybridized carbons (Fsp3) is 0.333. The van der Waals surface area contributed by atoms with Gasteiger partial charge in [-0.1, -0.05) is 29.8 Å². The lowest BCUT2D eigenvalue weighted by atomic mass is 10.1. The number of nitrogens with zero attached hydrogens (tertiary/aromatic N) is 4. The highest BCUT2D eigenvalue weighted by atomic mass is 16.1. The first-order valence-electron chi connectivity index (χ1n) is 8.22. The molecule has 0 aliphatic carbocycles. The van der Waals surface area contributed by atoms with Gasteiger partial charge >= 0.3 is 0 Å². The highest BCUT2D eigenvalue weighted by molar-refractivity contribution is 5.81. The maximum absolute atomic E-state index is 12.0. The van der Waals surface area contributed by atoms with Gasteiger partial charge in [0.15, 0.2) is 6.19 Å². The van der Waals surface area contributed by atoms with Crippen LogP contribution in [0.25, 0.3) is 11.3 Å². The second kappa shape index (κ2) is 9.23. The lowest BCUT2D eigenvalue weighted by molar-refractivity contribution is 0.556. The predicted octanol–water partition coefficient (Wildman–Crippen LogP) is 1.65. The molecule has 1 heterocycles. The molecule has 0 aliphatic rings. The van der Waals surface area contributed by atoms with Crippen molar-refractivity contribution in [3.05, 3.63) is 52.3 Å². The number of aromatic nitrogens is 2. The molecule has 0 radical (unpaired) electrons. The smallest absolute Gasteiger partial charge is 0.266 e. The minimum atomic E-state index is -0.137. The monoisotopic (exact) mass is 338 g/mol. The van der Waals surface area contributed by atoms with Gasteiger partial charge in [-0.25, -0.2) is 4.68 Å². The molecule has 0 saturated heterocycles. The largest absolute Gasteiger partial charge is 0.356 e. The van der Waals surface area contributed by atoms with E-state index in [2.05, 4.69) is 20.7 Å². The maximum atomic E-state index is 12.0. The lowest BCUT2D eigenvalue weighted by Crippen LogP contribution is -2.34. The molecule has 0 fully saturated rings. The molecule has 7 nitrogen and oxygen atoms in total. The van der Waals surface area contributed by atoms with Crippen molar-refractivity contribution >= 4 is 5.96 Å². The number of nitrogens with one attached hydrogen (secondary N) is 2. The Morgan fingerprint density at radius 3 is 2.72 bits per heavy atom. The van der Waals surface area contributed by atoms with Gasteiger partial charge in [-0.3, -0.25) is 15.1 Å². The first-order chi connectivity index (χ1) is 12.1. The predicted molar refractivity (Wildman–Crippen MR) is 98.0 cm³/mol. The quantitative estimate of drug-likeness (QED) is 0.274. The van der Waals surface area contributed by atoms with Gasteiger partial charge in [0, 0.05) is 31.3 Å². The van der Waals surface area contributed by atoms with Crippen molar-refractivity contribution in [3.8, 4) is 17.5 Å². The summed E-state index contributed by atoms with van der Waals surface area (Å²) in [6, 6.07) is 11.3. The molecule has 1 aromatic carbocycles. The standard InChI is InChI=1S/C18H22N6O/c1-3-20-18(22-13-19)21-11-4-12-24-17(25)10-9-16(23-24)15-7-5-14(2)6-8-15/h5-10H,3-4,11-12H2,1-2H3,(H2,20,21,22). The molecule has 0 bridgehead atoms. The van der Waals surface area contributed by atoms with Crippen molar-refractivity contribution in [1.82, 2.24) is 20.4 Å². The molecule has 0 atom stereocenters. The van der Waals surface area contributed by atoms with Crippen molar-refractivity contribution in [2.45, 2.75) is 26.8 Å². The minimum absolute atomic E-state index is 0.137. The number of aliphatic imine (C=N–C) groups is 1. The summed E-state index contributed by atoms with van der Waals surface area (Å²) in [5.41, 5.74) is 2.78. The van der Waals surface area contributed by atoms with Gasteiger partial charge in [0.05, 0.1) is 5.69 Å². The fourth-order valence-electron chi connectivity index (χ4n) is 2.26. The van der Waals surface area contributed by atoms with E-state index in [-0.39, 0.29) is 5.56 Å². The normalized spacial score (nSPS) is 11.0. The van der Waals surface area contributed by atoms with E-state index in [1.807, 2.05) is 44.3 Å². The van der Waals surface area contributed by atoms with Crippen LogP contribution in [0.1, 0.15) is 18.9 Å². The number of rotatable bonds is 6. The molecular formula is C18H22N6O. The summed E-state index contributed by atoms with van der Waals surface area (Å²) >= 11 is 0. The SMILES string of the molecule is CCNC(=NCCCn1nc(-c2ccc(C)cc2)ccc1=O)NC#N. The van der Waals surface area contributed by atoms with E-state index in [0.29, 0.717) is 32.0 Å². The number of hydrogen-bond donors (Lipinski definition) is 2. The molecule has 2 aromatic rings. The molecule has 0 amide bonds. The van der Waals surface area contributed by atoms with Crippen LogP contribution in [0.15, 0.2) is 46.2 Å². The highest BCUT2D eigenvalue weighted by Crippen LogP contribution is 2.15. The van der Waals surface area contributed by atoms with Gasteiger partial charge in [0.25, 0.3) is 5.56 Å². The van der Waals surface area contributed by atoms with E-state index >= 15 is 0 Å². The highest BCUT2D eigenvalue weighted by Gasteiger charge is 2.03. The molecule has 1 aromatic heterocycles. The van der Waals surface area contributed by atoms with E-state index in [1.165, 1.54) is 16.3 Å². The van der Waals surface area contributed by atoms with Crippen molar-refractivity contribution < 1.29 is 0 Å². The summed E-state index contributed by atoms with van der Waals surface area (Å²) in [4.78, 5) is 16.3. The number of nitriles is 1. The number of aryl methyl sites for hydroxylation is 2. The fourth-order valence-corrected chi connectivity index (χ4v) is 2.26. The van der Waals surface area contributed by atoms with Crippen LogP contribution in [0.5, 0.6) is 0 Å². The summed E-state index contributed by atoms with van der Waals surface area (Å²) in [5.74, 6) is 0.443. The molecule has 130 valence electrons. The summed E-state index contributed by atoms with van der Waals surface area (Å²) in [6.45, 7) is 5.58. The number of hydrogen-bond acceptors (Lipinski definition) is 4. The first-order valence-corrected chi connectivity index (χ1v) is 8.22. The third-order valence-corrected chi connectivity index (χ3v) is 3.53. The van der Waals surface area contributed by atoms with Crippen LogP contribution in [-0.2, 0) is 6.54 Å². The lowest BCUT2D eigenvalue weighted by Gasteiger charge is -2.08. The molecule has 2 rings (SSSR count). The molecule has 2 N–H and O–H groups in total. The Balaban J connectivity index is 2.03. The van der Waals surface area contributed by atoms with E-state index in [1.54, 1.807) is 6.07 Å². The Hall–Kier alpha value is -3.14.